The molecule has 0 radical (unpaired) electrons. The summed E-state index contributed by atoms with van der Waals surface area (Å²) in [5, 5.41) is 10.2. The molecule has 0 aliphatic carbocycles. The lowest BCUT2D eigenvalue weighted by Crippen LogP contribution is -1.54. The maximum Gasteiger partial charge on any atom is 0.0655 e. The van der Waals surface area contributed by atoms with Crippen LogP contribution in [0.2, 0.25) is 0 Å². The van der Waals surface area contributed by atoms with E-state index in [1.807, 2.05) is 0 Å². The molecule has 0 spiro atoms. The first kappa shape index (κ1) is 4.21. The summed E-state index contributed by atoms with van der Waals surface area (Å²) in [6.07, 6.45) is 2.58. The van der Waals surface area contributed by atoms with Crippen molar-refractivity contribution < 1.29 is 5.21 Å². The molecule has 0 aliphatic heterocycles. The van der Waals surface area contributed by atoms with Gasteiger partial charge in [0.25, 0.3) is 0 Å². The zero-order valence-corrected chi connectivity index (χ0v) is 2.76. The van der Waals surface area contributed by atoms with E-state index < -0.39 is 0 Å². The molecular formula is C3H5NO. The summed E-state index contributed by atoms with van der Waals surface area (Å²) in [5.41, 5.74) is 0. The van der Waals surface area contributed by atoms with E-state index in [1.54, 1.807) is 0 Å². The third-order valence-electron chi connectivity index (χ3n) is 0.172. The molecule has 0 aromatic heterocycles. The monoisotopic (exact) mass is 71.0 g/mol. The Morgan fingerprint density at radius 2 is 2.40 bits per heavy atom. The van der Waals surface area contributed by atoms with Gasteiger partial charge in [-0.25, -0.2) is 0 Å². The van der Waals surface area contributed by atoms with Gasteiger partial charge in [0.1, 0.15) is 0 Å². The van der Waals surface area contributed by atoms with E-state index >= 15 is 0 Å². The zero-order chi connectivity index (χ0) is 4.12. The van der Waals surface area contributed by atoms with Gasteiger partial charge in [0.15, 0.2) is 0 Å². The predicted molar refractivity (Wildman–Crippen MR) is 20.5 cm³/mol. The topological polar surface area (TPSA) is 32.6 Å². The van der Waals surface area contributed by atoms with Crippen LogP contribution in [0, 0.1) is 0 Å². The van der Waals surface area contributed by atoms with Crippen LogP contribution >= 0.6 is 0 Å². The average molecular weight is 71.1 g/mol. The highest BCUT2D eigenvalue weighted by atomic mass is 16.4. The molecule has 1 N–H and O–H groups in total. The summed E-state index contributed by atoms with van der Waals surface area (Å²) in [6.45, 7) is 3.24. The second-order valence-electron chi connectivity index (χ2n) is 0.500. The molecule has 0 heterocycles. The molecule has 0 aromatic carbocycles. The van der Waals surface area contributed by atoms with Crippen LogP contribution in [0.25, 0.3) is 0 Å². The number of rotatable bonds is 1. The molecule has 0 saturated carbocycles. The lowest BCUT2D eigenvalue weighted by Gasteiger charge is -1.58. The van der Waals surface area contributed by atoms with Crippen LogP contribution in [0.5, 0.6) is 0 Å². The van der Waals surface area contributed by atoms with Crippen molar-refractivity contribution in [2.75, 3.05) is 0 Å². The Bertz CT molecular complexity index is 48.9. The summed E-state index contributed by atoms with van der Waals surface area (Å²) in [4.78, 5) is 0. The molecule has 0 bridgehead atoms. The highest BCUT2D eigenvalue weighted by molar-refractivity contribution is 5.69. The van der Waals surface area contributed by atoms with Gasteiger partial charge in [-0.3, -0.25) is 0 Å². The molecule has 0 fully saturated rings. The lowest BCUT2D eigenvalue weighted by molar-refractivity contribution is 0.322. The highest BCUT2D eigenvalue weighted by Gasteiger charge is 1.44. The van der Waals surface area contributed by atoms with Gasteiger partial charge in [-0.15, -0.1) is 0 Å². The minimum absolute atomic E-state index is 1.19. The van der Waals surface area contributed by atoms with E-state index in [4.69, 9.17) is 5.21 Å². The zero-order valence-electron chi connectivity index (χ0n) is 2.76. The predicted octanol–water partition coefficient (Wildman–Crippen LogP) is 0.632. The van der Waals surface area contributed by atoms with E-state index in [0.29, 0.717) is 0 Å². The maximum absolute atomic E-state index is 7.56. The molecule has 0 aromatic rings. The van der Waals surface area contributed by atoms with Crippen molar-refractivity contribution in [1.82, 2.24) is 0 Å². The second kappa shape index (κ2) is 3.21. The van der Waals surface area contributed by atoms with Crippen LogP contribution in [-0.2, 0) is 0 Å². The Labute approximate surface area is 30.4 Å². The largest absolute Gasteiger partial charge is 0.411 e. The molecule has 2 nitrogen and oxygen atoms in total. The summed E-state index contributed by atoms with van der Waals surface area (Å²) in [5.74, 6) is 0. The third kappa shape index (κ3) is 3.21. The van der Waals surface area contributed by atoms with Crippen molar-refractivity contribution in [2.24, 2.45) is 5.16 Å². The molecule has 0 rings (SSSR count). The van der Waals surface area contributed by atoms with Crippen molar-refractivity contribution in [3.63, 3.8) is 0 Å². The van der Waals surface area contributed by atoms with Crippen molar-refractivity contribution in [2.45, 2.75) is 0 Å². The van der Waals surface area contributed by atoms with Crippen LogP contribution < -0.4 is 0 Å². The van der Waals surface area contributed by atoms with Crippen LogP contribution in [0.15, 0.2) is 17.8 Å². The quantitative estimate of drug-likeness (QED) is 0.274. The summed E-state index contributed by atoms with van der Waals surface area (Å²) >= 11 is 0. The fraction of sp³-hybridized carbons (Fsp3) is 0. The average Bonchev–Trinajstić information content (AvgIpc) is 1.41. The molecule has 0 unspecified atom stereocenters. The Balaban J connectivity index is 2.92. The summed E-state index contributed by atoms with van der Waals surface area (Å²) in [7, 11) is 0. The van der Waals surface area contributed by atoms with Gasteiger partial charge < -0.3 is 5.21 Å². The molecular weight excluding hydrogens is 66.0 g/mol. The Hall–Kier alpha value is -0.790. The standard InChI is InChI=1S/C3H5NO/c1-2-3-4-5/h2-3,5H,1H2/b4-3+. The molecule has 0 amide bonds. The van der Waals surface area contributed by atoms with Gasteiger partial charge in [0.05, 0.1) is 6.21 Å². The fourth-order valence-electron chi connectivity index (χ4n) is 0.0471. The van der Waals surface area contributed by atoms with E-state index in [1.165, 1.54) is 12.3 Å². The van der Waals surface area contributed by atoms with E-state index in [9.17, 15) is 0 Å². The third-order valence-corrected chi connectivity index (χ3v) is 0.172. The minimum atomic E-state index is 1.19. The molecule has 28 valence electrons. The molecule has 5 heavy (non-hydrogen) atoms. The van der Waals surface area contributed by atoms with E-state index in [2.05, 4.69) is 11.7 Å². The van der Waals surface area contributed by atoms with Crippen molar-refractivity contribution >= 4 is 6.21 Å². The van der Waals surface area contributed by atoms with Gasteiger partial charge in [-0.2, -0.15) is 0 Å². The lowest BCUT2D eigenvalue weighted by atomic mass is 10.7. The smallest absolute Gasteiger partial charge is 0.0655 e. The Morgan fingerprint density at radius 1 is 1.80 bits per heavy atom. The van der Waals surface area contributed by atoms with Crippen LogP contribution in [0.1, 0.15) is 0 Å². The Kier molecular flexibility index (Phi) is 2.70. The SMILES string of the molecule is C=C/C=N/O. The molecule has 0 aliphatic rings. The van der Waals surface area contributed by atoms with E-state index in [-0.39, 0.29) is 0 Å². The molecule has 0 saturated heterocycles. The first-order chi connectivity index (χ1) is 2.41. The normalized spacial score (nSPS) is 8.80. The fourth-order valence-corrected chi connectivity index (χ4v) is 0.0471. The number of hydrogen-bond acceptors (Lipinski definition) is 2. The van der Waals surface area contributed by atoms with E-state index in [0.717, 1.165) is 0 Å². The van der Waals surface area contributed by atoms with Gasteiger partial charge in [0, 0.05) is 0 Å². The van der Waals surface area contributed by atoms with Crippen LogP contribution in [0.4, 0.5) is 0 Å². The van der Waals surface area contributed by atoms with Crippen molar-refractivity contribution in [3.05, 3.63) is 12.7 Å². The first-order valence-corrected chi connectivity index (χ1v) is 1.20. The second-order valence-corrected chi connectivity index (χ2v) is 0.500. The highest BCUT2D eigenvalue weighted by Crippen LogP contribution is 1.48. The number of allylic oxidation sites excluding steroid dienone is 1. The van der Waals surface area contributed by atoms with Gasteiger partial charge >= 0.3 is 0 Å². The summed E-state index contributed by atoms with van der Waals surface area (Å²) < 4.78 is 0. The molecule has 0 atom stereocenters. The first-order valence-electron chi connectivity index (χ1n) is 1.20. The van der Waals surface area contributed by atoms with Gasteiger partial charge in [-0.1, -0.05) is 11.7 Å². The van der Waals surface area contributed by atoms with Gasteiger partial charge in [-0.05, 0) is 6.08 Å². The molecule has 2 heteroatoms. The number of nitrogens with zero attached hydrogens (tertiary/aromatic N) is 1. The maximum atomic E-state index is 7.56. The Morgan fingerprint density at radius 3 is 2.40 bits per heavy atom. The minimum Gasteiger partial charge on any atom is -0.411 e. The summed E-state index contributed by atoms with van der Waals surface area (Å²) in [6, 6.07) is 0. The van der Waals surface area contributed by atoms with Crippen LogP contribution in [0.3, 0.4) is 0 Å². The van der Waals surface area contributed by atoms with Crippen molar-refractivity contribution in [3.8, 4) is 0 Å². The number of hydrogen-bond donors (Lipinski definition) is 1. The number of oxime groups is 1. The van der Waals surface area contributed by atoms with Gasteiger partial charge in [0.2, 0.25) is 0 Å². The van der Waals surface area contributed by atoms with Crippen molar-refractivity contribution in [1.29, 1.82) is 0 Å². The van der Waals surface area contributed by atoms with Crippen LogP contribution in [-0.4, -0.2) is 11.4 Å².